The first-order valence-electron chi connectivity index (χ1n) is 12.6. The van der Waals surface area contributed by atoms with E-state index < -0.39 is 6.23 Å². The Morgan fingerprint density at radius 2 is 1.91 bits per heavy atom. The highest BCUT2D eigenvalue weighted by Crippen LogP contribution is 2.29. The number of carbonyl (C=O) groups excluding carboxylic acids is 1. The van der Waals surface area contributed by atoms with Gasteiger partial charge in [-0.25, -0.2) is 14.8 Å². The zero-order chi connectivity index (χ0) is 24.4. The third-order valence-corrected chi connectivity index (χ3v) is 7.46. The van der Waals surface area contributed by atoms with E-state index in [0.717, 1.165) is 64.1 Å². The number of nitrogens with one attached hydrogen (secondary N) is 2. The number of aromatic nitrogens is 2. The third kappa shape index (κ3) is 5.19. The monoisotopic (exact) mass is 480 g/mol. The van der Waals surface area contributed by atoms with Gasteiger partial charge in [0.2, 0.25) is 0 Å². The molecule has 3 aliphatic heterocycles. The number of aliphatic hydroxyl groups excluding tert-OH is 1. The van der Waals surface area contributed by atoms with E-state index in [9.17, 15) is 9.90 Å². The van der Waals surface area contributed by atoms with E-state index in [1.807, 2.05) is 24.1 Å². The minimum Gasteiger partial charge on any atom is -0.373 e. The quantitative estimate of drug-likeness (QED) is 0.463. The molecule has 10 heteroatoms. The van der Waals surface area contributed by atoms with E-state index in [1.165, 1.54) is 5.56 Å². The third-order valence-electron chi connectivity index (χ3n) is 7.46. The van der Waals surface area contributed by atoms with Crippen LogP contribution in [0.25, 0.3) is 0 Å². The largest absolute Gasteiger partial charge is 0.373 e. The average Bonchev–Trinajstić information content (AvgIpc) is 3.23. The molecule has 3 saturated heterocycles. The Bertz CT molecular complexity index is 1020. The highest BCUT2D eigenvalue weighted by Gasteiger charge is 2.34. The number of aliphatic hydroxyl groups is 1. The number of nitrogens with two attached hydrogens (primary N) is 1. The molecule has 0 saturated carbocycles. The molecule has 1 aromatic carbocycles. The first-order chi connectivity index (χ1) is 17.0. The first-order valence-corrected chi connectivity index (χ1v) is 12.6. The van der Waals surface area contributed by atoms with Crippen LogP contribution in [-0.4, -0.2) is 83.3 Å². The average molecular weight is 481 g/mol. The van der Waals surface area contributed by atoms with Crippen LogP contribution >= 0.6 is 0 Å². The molecule has 0 radical (unpaired) electrons. The lowest BCUT2D eigenvalue weighted by atomic mass is 9.90. The number of hydrogen-bond donors (Lipinski definition) is 4. The first kappa shape index (κ1) is 23.8. The van der Waals surface area contributed by atoms with Gasteiger partial charge in [0.25, 0.3) is 0 Å². The molecular weight excluding hydrogens is 444 g/mol. The van der Waals surface area contributed by atoms with Crippen LogP contribution in [0, 0.1) is 0 Å². The summed E-state index contributed by atoms with van der Waals surface area (Å²) in [7, 11) is 1.85. The molecule has 188 valence electrons. The number of likely N-dealkylation sites (N-methyl/N-ethyl adjacent to an activating group) is 1. The van der Waals surface area contributed by atoms with E-state index in [1.54, 1.807) is 11.1 Å². The van der Waals surface area contributed by atoms with Crippen molar-refractivity contribution in [1.82, 2.24) is 25.1 Å². The molecular formula is C25H36N8O2. The molecule has 3 fully saturated rings. The Kier molecular flexibility index (Phi) is 7.03. The molecule has 2 amide bonds. The SMILES string of the molecule is CN1CCN([C@@H]2CCCN(c3cnc(C(N)O)c(Nc4ccc(C5CCNCC5)cc4)n3)C2)C1=O. The second-order valence-electron chi connectivity index (χ2n) is 9.82. The van der Waals surface area contributed by atoms with Crippen LogP contribution in [0.4, 0.5) is 22.1 Å². The molecule has 2 aromatic rings. The maximum atomic E-state index is 12.5. The molecule has 0 bridgehead atoms. The molecule has 5 N–H and O–H groups in total. The molecule has 4 heterocycles. The Labute approximate surface area is 206 Å². The van der Waals surface area contributed by atoms with Gasteiger partial charge < -0.3 is 36.2 Å². The summed E-state index contributed by atoms with van der Waals surface area (Å²) < 4.78 is 0. The minimum atomic E-state index is -1.24. The van der Waals surface area contributed by atoms with Crippen molar-refractivity contribution in [3.8, 4) is 0 Å². The number of rotatable bonds is 6. The van der Waals surface area contributed by atoms with Crippen molar-refractivity contribution >= 4 is 23.4 Å². The lowest BCUT2D eigenvalue weighted by Gasteiger charge is -2.38. The highest BCUT2D eigenvalue weighted by atomic mass is 16.3. The van der Waals surface area contributed by atoms with Crippen LogP contribution in [0.1, 0.15) is 49.1 Å². The molecule has 0 spiro atoms. The van der Waals surface area contributed by atoms with Crippen molar-refractivity contribution in [1.29, 1.82) is 0 Å². The van der Waals surface area contributed by atoms with E-state index in [-0.39, 0.29) is 12.1 Å². The van der Waals surface area contributed by atoms with Gasteiger partial charge in [-0.2, -0.15) is 0 Å². The normalized spacial score (nSPS) is 22.5. The summed E-state index contributed by atoms with van der Waals surface area (Å²) in [5.41, 5.74) is 8.32. The lowest BCUT2D eigenvalue weighted by molar-refractivity contribution is 0.175. The standard InChI is InChI=1S/C25H36N8O2/c1-31-13-14-33(25(31)35)20-3-2-12-32(16-20)21-15-28-22(23(26)34)24(30-21)29-19-6-4-17(5-7-19)18-8-10-27-11-9-18/h4-7,15,18,20,23,27,34H,2-3,8-14,16,26H2,1H3,(H,29,30)/t20-,23?/m1/s1. The van der Waals surface area contributed by atoms with Gasteiger partial charge in [-0.05, 0) is 62.4 Å². The Morgan fingerprint density at radius 3 is 2.60 bits per heavy atom. The van der Waals surface area contributed by atoms with Crippen LogP contribution in [0.5, 0.6) is 0 Å². The summed E-state index contributed by atoms with van der Waals surface area (Å²) in [5.74, 6) is 1.75. The number of nitrogens with zero attached hydrogens (tertiary/aromatic N) is 5. The predicted octanol–water partition coefficient (Wildman–Crippen LogP) is 1.97. The number of amides is 2. The smallest absolute Gasteiger partial charge is 0.320 e. The zero-order valence-corrected chi connectivity index (χ0v) is 20.4. The number of carbonyl (C=O) groups is 1. The molecule has 1 aromatic heterocycles. The lowest BCUT2D eigenvalue weighted by Crippen LogP contribution is -2.49. The summed E-state index contributed by atoms with van der Waals surface area (Å²) in [6, 6.07) is 8.66. The molecule has 10 nitrogen and oxygen atoms in total. The van der Waals surface area contributed by atoms with E-state index in [2.05, 4.69) is 32.7 Å². The number of piperidine rings is 2. The van der Waals surface area contributed by atoms with Gasteiger partial charge in [-0.3, -0.25) is 0 Å². The van der Waals surface area contributed by atoms with Crippen molar-refractivity contribution < 1.29 is 9.90 Å². The fourth-order valence-corrected chi connectivity index (χ4v) is 5.40. The van der Waals surface area contributed by atoms with Crippen LogP contribution in [-0.2, 0) is 0 Å². The molecule has 1 unspecified atom stereocenters. The van der Waals surface area contributed by atoms with Gasteiger partial charge in [0.05, 0.1) is 12.2 Å². The van der Waals surface area contributed by atoms with Crippen LogP contribution in [0.2, 0.25) is 0 Å². The summed E-state index contributed by atoms with van der Waals surface area (Å²) >= 11 is 0. The number of benzene rings is 1. The van der Waals surface area contributed by atoms with Gasteiger partial charge in [-0.15, -0.1) is 0 Å². The molecule has 5 rings (SSSR count). The topological polar surface area (TPSA) is 123 Å². The highest BCUT2D eigenvalue weighted by molar-refractivity contribution is 5.76. The van der Waals surface area contributed by atoms with Gasteiger partial charge in [-0.1, -0.05) is 12.1 Å². The summed E-state index contributed by atoms with van der Waals surface area (Å²) in [6.45, 7) is 5.21. The Morgan fingerprint density at radius 1 is 1.14 bits per heavy atom. The summed E-state index contributed by atoms with van der Waals surface area (Å²) in [4.78, 5) is 27.7. The maximum Gasteiger partial charge on any atom is 0.320 e. The molecule has 35 heavy (non-hydrogen) atoms. The van der Waals surface area contributed by atoms with E-state index in [0.29, 0.717) is 29.8 Å². The van der Waals surface area contributed by atoms with Crippen molar-refractivity contribution in [2.75, 3.05) is 56.5 Å². The Hall–Kier alpha value is -2.95. The molecule has 3 aliphatic rings. The van der Waals surface area contributed by atoms with Crippen molar-refractivity contribution in [3.05, 3.63) is 41.7 Å². The van der Waals surface area contributed by atoms with Crippen molar-refractivity contribution in [2.24, 2.45) is 5.73 Å². The minimum absolute atomic E-state index is 0.0971. The summed E-state index contributed by atoms with van der Waals surface area (Å²) in [6.07, 6.45) is 4.69. The zero-order valence-electron chi connectivity index (χ0n) is 20.4. The van der Waals surface area contributed by atoms with Gasteiger partial charge >= 0.3 is 6.03 Å². The van der Waals surface area contributed by atoms with Crippen LogP contribution < -0.4 is 21.3 Å². The van der Waals surface area contributed by atoms with Gasteiger partial charge in [0.1, 0.15) is 17.7 Å². The fourth-order valence-electron chi connectivity index (χ4n) is 5.40. The fraction of sp³-hybridized carbons (Fsp3) is 0.560. The van der Waals surface area contributed by atoms with Gasteiger partial charge in [0, 0.05) is 38.9 Å². The predicted molar refractivity (Wildman–Crippen MR) is 136 cm³/mol. The number of urea groups is 1. The van der Waals surface area contributed by atoms with Crippen LogP contribution in [0.15, 0.2) is 30.5 Å². The molecule has 2 atom stereocenters. The van der Waals surface area contributed by atoms with Crippen LogP contribution in [0.3, 0.4) is 0 Å². The van der Waals surface area contributed by atoms with E-state index in [4.69, 9.17) is 10.7 Å². The Balaban J connectivity index is 1.32. The van der Waals surface area contributed by atoms with E-state index >= 15 is 0 Å². The maximum absolute atomic E-state index is 12.5. The second kappa shape index (κ2) is 10.3. The number of anilines is 3. The summed E-state index contributed by atoms with van der Waals surface area (Å²) in [5, 5.41) is 16.8. The second-order valence-corrected chi connectivity index (χ2v) is 9.82. The molecule has 0 aliphatic carbocycles. The van der Waals surface area contributed by atoms with Crippen molar-refractivity contribution in [3.63, 3.8) is 0 Å². The van der Waals surface area contributed by atoms with Crippen molar-refractivity contribution in [2.45, 2.75) is 43.9 Å². The van der Waals surface area contributed by atoms with Gasteiger partial charge in [0.15, 0.2) is 5.82 Å². The number of hydrogen-bond acceptors (Lipinski definition) is 8.